The Balaban J connectivity index is 2.00. The van der Waals surface area contributed by atoms with Gasteiger partial charge in [-0.2, -0.15) is 10.2 Å². The molecule has 6 nitrogen and oxygen atoms in total. The molecule has 0 spiro atoms. The van der Waals surface area contributed by atoms with Gasteiger partial charge in [0, 0.05) is 12.4 Å². The number of nitrogens with zero attached hydrogens (tertiary/aromatic N) is 4. The van der Waals surface area contributed by atoms with Crippen LogP contribution in [-0.4, -0.2) is 20.1 Å². The molecule has 0 fully saturated rings. The number of rotatable bonds is 3. The summed E-state index contributed by atoms with van der Waals surface area (Å²) >= 11 is 0. The minimum absolute atomic E-state index is 0.342. The molecule has 0 amide bonds. The van der Waals surface area contributed by atoms with E-state index in [1.54, 1.807) is 18.5 Å². The zero-order valence-corrected chi connectivity index (χ0v) is 10.8. The molecule has 0 atom stereocenters. The van der Waals surface area contributed by atoms with E-state index in [0.29, 0.717) is 23.0 Å². The number of hydrogen-bond donors (Lipinski definition) is 1. The number of aromatic amines is 1. The van der Waals surface area contributed by atoms with Gasteiger partial charge < -0.3 is 9.51 Å². The number of nitriles is 1. The van der Waals surface area contributed by atoms with Crippen molar-refractivity contribution in [1.82, 2.24) is 20.1 Å². The highest BCUT2D eigenvalue weighted by atomic mass is 16.5. The van der Waals surface area contributed by atoms with E-state index in [9.17, 15) is 0 Å². The topological polar surface area (TPSA) is 91.4 Å². The fraction of sp³-hybridized carbons (Fsp3) is 0.143. The van der Waals surface area contributed by atoms with Gasteiger partial charge in [0.1, 0.15) is 17.5 Å². The molecule has 0 aromatic carbocycles. The zero-order valence-electron chi connectivity index (χ0n) is 10.8. The zero-order chi connectivity index (χ0) is 13.9. The fourth-order valence-electron chi connectivity index (χ4n) is 1.94. The Hall–Kier alpha value is -2.94. The van der Waals surface area contributed by atoms with E-state index < -0.39 is 0 Å². The summed E-state index contributed by atoms with van der Waals surface area (Å²) in [4.78, 5) is 11.6. The van der Waals surface area contributed by atoms with Crippen LogP contribution in [0.3, 0.4) is 0 Å². The van der Waals surface area contributed by atoms with Gasteiger partial charge in [-0.15, -0.1) is 0 Å². The maximum absolute atomic E-state index is 8.80. The van der Waals surface area contributed by atoms with Crippen molar-refractivity contribution in [3.8, 4) is 29.2 Å². The molecular weight excluding hydrogens is 254 g/mol. The summed E-state index contributed by atoms with van der Waals surface area (Å²) in [7, 11) is 0. The van der Waals surface area contributed by atoms with Crippen LogP contribution in [-0.2, 0) is 6.42 Å². The Morgan fingerprint density at radius 3 is 3.10 bits per heavy atom. The first-order chi connectivity index (χ1) is 9.81. The SMILES string of the molecule is CCc1cccnc1-c1noc(-c2cc(C#N)c[nH]2)n1. The molecule has 0 bridgehead atoms. The van der Waals surface area contributed by atoms with Crippen LogP contribution < -0.4 is 0 Å². The predicted octanol–water partition coefficient (Wildman–Crippen LogP) is 2.56. The maximum atomic E-state index is 8.80. The molecule has 1 N–H and O–H groups in total. The number of pyridine rings is 1. The largest absolute Gasteiger partial charge is 0.356 e. The highest BCUT2D eigenvalue weighted by molar-refractivity contribution is 5.58. The first kappa shape index (κ1) is 12.1. The molecule has 0 unspecified atom stereocenters. The van der Waals surface area contributed by atoms with E-state index in [1.807, 2.05) is 25.1 Å². The second-order valence-corrected chi connectivity index (χ2v) is 4.20. The maximum Gasteiger partial charge on any atom is 0.274 e. The van der Waals surface area contributed by atoms with Crippen molar-refractivity contribution >= 4 is 0 Å². The first-order valence-corrected chi connectivity index (χ1v) is 6.18. The van der Waals surface area contributed by atoms with Crippen molar-refractivity contribution in [3.63, 3.8) is 0 Å². The lowest BCUT2D eigenvalue weighted by Gasteiger charge is -2.00. The summed E-state index contributed by atoms with van der Waals surface area (Å²) in [6.45, 7) is 2.05. The van der Waals surface area contributed by atoms with Crippen LogP contribution in [0.5, 0.6) is 0 Å². The van der Waals surface area contributed by atoms with Crippen LogP contribution in [0.15, 0.2) is 35.1 Å². The van der Waals surface area contributed by atoms with Crippen molar-refractivity contribution in [3.05, 3.63) is 41.7 Å². The lowest BCUT2D eigenvalue weighted by atomic mass is 10.1. The van der Waals surface area contributed by atoms with E-state index in [-0.39, 0.29) is 0 Å². The molecule has 0 saturated carbocycles. The quantitative estimate of drug-likeness (QED) is 0.785. The van der Waals surface area contributed by atoms with E-state index in [4.69, 9.17) is 9.78 Å². The lowest BCUT2D eigenvalue weighted by molar-refractivity contribution is 0.431. The van der Waals surface area contributed by atoms with Crippen LogP contribution in [0.2, 0.25) is 0 Å². The van der Waals surface area contributed by atoms with E-state index in [0.717, 1.165) is 17.7 Å². The monoisotopic (exact) mass is 265 g/mol. The summed E-state index contributed by atoms with van der Waals surface area (Å²) < 4.78 is 5.22. The molecule has 3 heterocycles. The molecule has 0 radical (unpaired) electrons. The Kier molecular flexibility index (Phi) is 3.01. The second-order valence-electron chi connectivity index (χ2n) is 4.20. The first-order valence-electron chi connectivity index (χ1n) is 6.18. The molecule has 3 aromatic rings. The van der Waals surface area contributed by atoms with Gasteiger partial charge in [0.2, 0.25) is 5.82 Å². The van der Waals surface area contributed by atoms with Crippen molar-refractivity contribution in [2.75, 3.05) is 0 Å². The van der Waals surface area contributed by atoms with Crippen molar-refractivity contribution in [1.29, 1.82) is 5.26 Å². The summed E-state index contributed by atoms with van der Waals surface area (Å²) in [5.41, 5.74) is 2.92. The molecule has 6 heteroatoms. The average molecular weight is 265 g/mol. The number of aryl methyl sites for hydroxylation is 1. The van der Waals surface area contributed by atoms with Gasteiger partial charge in [0.15, 0.2) is 0 Å². The van der Waals surface area contributed by atoms with Gasteiger partial charge in [0.05, 0.1) is 5.56 Å². The van der Waals surface area contributed by atoms with Crippen molar-refractivity contribution in [2.45, 2.75) is 13.3 Å². The van der Waals surface area contributed by atoms with Crippen LogP contribution in [0.4, 0.5) is 0 Å². The molecule has 0 aliphatic carbocycles. The third-order valence-electron chi connectivity index (χ3n) is 2.95. The van der Waals surface area contributed by atoms with E-state index in [2.05, 4.69) is 20.1 Å². The number of aromatic nitrogens is 4. The summed E-state index contributed by atoms with van der Waals surface area (Å²) in [5.74, 6) is 0.791. The Bertz CT molecular complexity index is 781. The lowest BCUT2D eigenvalue weighted by Crippen LogP contribution is -1.92. The molecule has 98 valence electrons. The van der Waals surface area contributed by atoms with Crippen molar-refractivity contribution in [2.24, 2.45) is 0 Å². The summed E-state index contributed by atoms with van der Waals surface area (Å²) in [5, 5.41) is 12.8. The van der Waals surface area contributed by atoms with Gasteiger partial charge in [0.25, 0.3) is 5.89 Å². The highest BCUT2D eigenvalue weighted by Gasteiger charge is 2.15. The third-order valence-corrected chi connectivity index (χ3v) is 2.95. The van der Waals surface area contributed by atoms with Crippen LogP contribution >= 0.6 is 0 Å². The van der Waals surface area contributed by atoms with Gasteiger partial charge >= 0.3 is 0 Å². The molecule has 20 heavy (non-hydrogen) atoms. The molecule has 0 aliphatic heterocycles. The number of hydrogen-bond acceptors (Lipinski definition) is 5. The molecule has 0 aliphatic rings. The van der Waals surface area contributed by atoms with Gasteiger partial charge in [-0.3, -0.25) is 4.98 Å². The molecule has 3 rings (SSSR count). The summed E-state index contributed by atoms with van der Waals surface area (Å²) in [6.07, 6.45) is 4.14. The second kappa shape index (κ2) is 4.97. The Morgan fingerprint density at radius 2 is 2.35 bits per heavy atom. The minimum Gasteiger partial charge on any atom is -0.356 e. The Morgan fingerprint density at radius 1 is 1.45 bits per heavy atom. The smallest absolute Gasteiger partial charge is 0.274 e. The number of nitrogens with one attached hydrogen (secondary N) is 1. The molecule has 0 saturated heterocycles. The Labute approximate surface area is 115 Å². The third kappa shape index (κ3) is 2.06. The normalized spacial score (nSPS) is 10.4. The molecular formula is C14H11N5O. The number of H-pyrrole nitrogens is 1. The van der Waals surface area contributed by atoms with Gasteiger partial charge in [-0.05, 0) is 24.1 Å². The van der Waals surface area contributed by atoms with Crippen molar-refractivity contribution < 1.29 is 4.52 Å². The van der Waals surface area contributed by atoms with E-state index >= 15 is 0 Å². The van der Waals surface area contributed by atoms with Crippen LogP contribution in [0.1, 0.15) is 18.1 Å². The van der Waals surface area contributed by atoms with Crippen LogP contribution in [0, 0.1) is 11.3 Å². The summed E-state index contributed by atoms with van der Waals surface area (Å²) in [6, 6.07) is 7.57. The highest BCUT2D eigenvalue weighted by Crippen LogP contribution is 2.23. The average Bonchev–Trinajstić information content (AvgIpc) is 3.15. The van der Waals surface area contributed by atoms with E-state index in [1.165, 1.54) is 0 Å². The van der Waals surface area contributed by atoms with Crippen LogP contribution in [0.25, 0.3) is 23.1 Å². The van der Waals surface area contributed by atoms with Gasteiger partial charge in [-0.1, -0.05) is 18.1 Å². The van der Waals surface area contributed by atoms with Gasteiger partial charge in [-0.25, -0.2) is 0 Å². The molecule has 3 aromatic heterocycles. The predicted molar refractivity (Wildman–Crippen MR) is 71.4 cm³/mol. The minimum atomic E-state index is 0.342. The fourth-order valence-corrected chi connectivity index (χ4v) is 1.94. The standard InChI is InChI=1S/C14H11N5O/c1-2-10-4-3-5-16-12(10)13-18-14(20-19-13)11-6-9(7-15)8-17-11/h3-6,8,17H,2H2,1H3.